The molecule has 0 aliphatic rings. The number of carbonyl (C=O) groups is 2. The van der Waals surface area contributed by atoms with Gasteiger partial charge in [0.2, 0.25) is 0 Å². The summed E-state index contributed by atoms with van der Waals surface area (Å²) >= 11 is 0. The first-order chi connectivity index (χ1) is 7.61. The molecule has 1 aromatic rings. The molecule has 5 nitrogen and oxygen atoms in total. The zero-order valence-corrected chi connectivity index (χ0v) is 8.67. The molecule has 0 spiro atoms. The quantitative estimate of drug-likeness (QED) is 0.584. The lowest BCUT2D eigenvalue weighted by Gasteiger charge is -2.13. The van der Waals surface area contributed by atoms with Crippen LogP contribution in [-0.2, 0) is 4.79 Å². The highest BCUT2D eigenvalue weighted by atomic mass is 16.5. The number of amides is 1. The van der Waals surface area contributed by atoms with E-state index in [1.165, 1.54) is 0 Å². The van der Waals surface area contributed by atoms with Crippen LogP contribution >= 0.6 is 0 Å². The fourth-order valence-corrected chi connectivity index (χ4v) is 1.21. The first kappa shape index (κ1) is 12.2. The van der Waals surface area contributed by atoms with Gasteiger partial charge in [-0.15, -0.1) is 0 Å². The Bertz CT molecular complexity index is 364. The van der Waals surface area contributed by atoms with Crippen molar-refractivity contribution >= 4 is 11.9 Å². The van der Waals surface area contributed by atoms with Crippen LogP contribution in [0.1, 0.15) is 23.2 Å². The monoisotopic (exact) mass is 223 g/mol. The van der Waals surface area contributed by atoms with Gasteiger partial charge in [0.25, 0.3) is 5.91 Å². The molecule has 86 valence electrons. The van der Waals surface area contributed by atoms with E-state index in [9.17, 15) is 14.8 Å². The largest absolute Gasteiger partial charge is 0.481 e. The molecule has 0 fully saturated rings. The summed E-state index contributed by atoms with van der Waals surface area (Å²) < 4.78 is 0. The van der Waals surface area contributed by atoms with Gasteiger partial charge in [0, 0.05) is 18.5 Å². The van der Waals surface area contributed by atoms with E-state index in [1.54, 1.807) is 30.3 Å². The minimum atomic E-state index is -0.944. The minimum Gasteiger partial charge on any atom is -0.481 e. The van der Waals surface area contributed by atoms with Gasteiger partial charge in [-0.3, -0.25) is 14.8 Å². The third-order valence-electron chi connectivity index (χ3n) is 2.02. The number of hydrogen-bond acceptors (Lipinski definition) is 3. The second kappa shape index (κ2) is 5.87. The van der Waals surface area contributed by atoms with Crippen molar-refractivity contribution in [3.8, 4) is 0 Å². The predicted molar refractivity (Wildman–Crippen MR) is 56.1 cm³/mol. The highest BCUT2D eigenvalue weighted by Crippen LogP contribution is 2.03. The average Bonchev–Trinajstić information content (AvgIpc) is 2.28. The van der Waals surface area contributed by atoms with E-state index >= 15 is 0 Å². The number of hydroxylamine groups is 2. The van der Waals surface area contributed by atoms with E-state index in [-0.39, 0.29) is 19.4 Å². The van der Waals surface area contributed by atoms with Crippen LogP contribution in [0.4, 0.5) is 0 Å². The zero-order chi connectivity index (χ0) is 12.0. The smallest absolute Gasteiger partial charge is 0.303 e. The van der Waals surface area contributed by atoms with Crippen LogP contribution in [0.2, 0.25) is 0 Å². The summed E-state index contributed by atoms with van der Waals surface area (Å²) in [5.41, 5.74) is 0.375. The second-order valence-electron chi connectivity index (χ2n) is 3.29. The van der Waals surface area contributed by atoms with Crippen molar-refractivity contribution in [3.05, 3.63) is 35.9 Å². The lowest BCUT2D eigenvalue weighted by molar-refractivity contribution is -0.137. The Hall–Kier alpha value is -1.88. The van der Waals surface area contributed by atoms with Gasteiger partial charge in [-0.25, -0.2) is 5.06 Å². The van der Waals surface area contributed by atoms with E-state index in [0.717, 1.165) is 0 Å². The molecule has 0 aliphatic carbocycles. The predicted octanol–water partition coefficient (Wildman–Crippen LogP) is 1.38. The normalized spacial score (nSPS) is 9.81. The van der Waals surface area contributed by atoms with Crippen LogP contribution in [0.25, 0.3) is 0 Å². The van der Waals surface area contributed by atoms with Gasteiger partial charge in [-0.05, 0) is 18.6 Å². The summed E-state index contributed by atoms with van der Waals surface area (Å²) in [5, 5.41) is 18.3. The highest BCUT2D eigenvalue weighted by Gasteiger charge is 2.12. The van der Waals surface area contributed by atoms with Gasteiger partial charge in [-0.1, -0.05) is 18.2 Å². The van der Waals surface area contributed by atoms with Gasteiger partial charge in [0.15, 0.2) is 0 Å². The van der Waals surface area contributed by atoms with Crippen molar-refractivity contribution in [1.82, 2.24) is 5.06 Å². The van der Waals surface area contributed by atoms with Crippen LogP contribution in [-0.4, -0.2) is 33.8 Å². The lowest BCUT2D eigenvalue weighted by Crippen LogP contribution is -2.28. The van der Waals surface area contributed by atoms with Crippen molar-refractivity contribution in [1.29, 1.82) is 0 Å². The fraction of sp³-hybridized carbons (Fsp3) is 0.273. The van der Waals surface area contributed by atoms with Crippen molar-refractivity contribution in [2.75, 3.05) is 6.54 Å². The Morgan fingerprint density at radius 2 is 1.81 bits per heavy atom. The molecule has 5 heteroatoms. The number of carboxylic acids is 1. The van der Waals surface area contributed by atoms with E-state index in [0.29, 0.717) is 10.6 Å². The first-order valence-corrected chi connectivity index (χ1v) is 4.89. The molecule has 0 atom stereocenters. The number of hydrogen-bond donors (Lipinski definition) is 2. The van der Waals surface area contributed by atoms with Crippen LogP contribution in [0.15, 0.2) is 30.3 Å². The molecule has 1 rings (SSSR count). The van der Waals surface area contributed by atoms with Crippen LogP contribution in [0, 0.1) is 0 Å². The van der Waals surface area contributed by atoms with Gasteiger partial charge >= 0.3 is 5.97 Å². The SMILES string of the molecule is O=C(O)CCCN(O)C(=O)c1ccccc1. The maximum atomic E-state index is 11.5. The second-order valence-corrected chi connectivity index (χ2v) is 3.29. The topological polar surface area (TPSA) is 77.8 Å². The summed E-state index contributed by atoms with van der Waals surface area (Å²) in [6.07, 6.45) is 0.156. The summed E-state index contributed by atoms with van der Waals surface area (Å²) in [6.45, 7) is 0.0139. The van der Waals surface area contributed by atoms with Crippen molar-refractivity contribution in [3.63, 3.8) is 0 Å². The fourth-order valence-electron chi connectivity index (χ4n) is 1.21. The van der Waals surface area contributed by atoms with Crippen molar-refractivity contribution in [2.24, 2.45) is 0 Å². The van der Waals surface area contributed by atoms with Crippen LogP contribution < -0.4 is 0 Å². The standard InChI is InChI=1S/C11H13NO4/c13-10(14)7-4-8-12(16)11(15)9-5-2-1-3-6-9/h1-3,5-6,16H,4,7-8H2,(H,13,14). The Kier molecular flexibility index (Phi) is 4.47. The molecule has 16 heavy (non-hydrogen) atoms. The zero-order valence-electron chi connectivity index (χ0n) is 8.67. The highest BCUT2D eigenvalue weighted by molar-refractivity contribution is 5.93. The summed E-state index contributed by atoms with van der Waals surface area (Å²) in [5.74, 6) is -1.47. The van der Waals surface area contributed by atoms with E-state index in [4.69, 9.17) is 5.11 Å². The number of nitrogens with zero attached hydrogens (tertiary/aromatic N) is 1. The minimum absolute atomic E-state index is 0.0139. The number of carboxylic acid groups (broad SMARTS) is 1. The molecule has 0 heterocycles. The maximum Gasteiger partial charge on any atom is 0.303 e. The summed E-state index contributed by atoms with van der Waals surface area (Å²) in [7, 11) is 0. The maximum absolute atomic E-state index is 11.5. The van der Waals surface area contributed by atoms with E-state index in [2.05, 4.69) is 0 Å². The molecular weight excluding hydrogens is 210 g/mol. The van der Waals surface area contributed by atoms with Gasteiger partial charge in [0.1, 0.15) is 0 Å². The third kappa shape index (κ3) is 3.70. The Morgan fingerprint density at radius 3 is 2.38 bits per heavy atom. The third-order valence-corrected chi connectivity index (χ3v) is 2.02. The summed E-state index contributed by atoms with van der Waals surface area (Å²) in [4.78, 5) is 21.8. The van der Waals surface area contributed by atoms with Crippen LogP contribution in [0.3, 0.4) is 0 Å². The molecule has 0 radical (unpaired) electrons. The molecule has 2 N–H and O–H groups in total. The molecule has 1 aromatic carbocycles. The Balaban J connectivity index is 2.45. The average molecular weight is 223 g/mol. The molecule has 0 bridgehead atoms. The lowest BCUT2D eigenvalue weighted by atomic mass is 10.2. The van der Waals surface area contributed by atoms with Crippen molar-refractivity contribution < 1.29 is 19.9 Å². The van der Waals surface area contributed by atoms with Gasteiger partial charge in [0.05, 0.1) is 0 Å². The number of aliphatic carboxylic acids is 1. The molecule has 0 saturated carbocycles. The molecule has 0 aromatic heterocycles. The van der Waals surface area contributed by atoms with E-state index in [1.807, 2.05) is 0 Å². The number of benzene rings is 1. The van der Waals surface area contributed by atoms with E-state index < -0.39 is 11.9 Å². The van der Waals surface area contributed by atoms with Crippen LogP contribution in [0.5, 0.6) is 0 Å². The molecule has 0 saturated heterocycles. The Labute approximate surface area is 92.9 Å². The number of carbonyl (C=O) groups excluding carboxylic acids is 1. The molecular formula is C11H13NO4. The Morgan fingerprint density at radius 1 is 1.19 bits per heavy atom. The van der Waals surface area contributed by atoms with Gasteiger partial charge in [-0.2, -0.15) is 0 Å². The van der Waals surface area contributed by atoms with Gasteiger partial charge < -0.3 is 5.11 Å². The van der Waals surface area contributed by atoms with Crippen molar-refractivity contribution in [2.45, 2.75) is 12.8 Å². The molecule has 0 aliphatic heterocycles. The first-order valence-electron chi connectivity index (χ1n) is 4.89. The molecule has 1 amide bonds. The number of rotatable bonds is 5. The molecule has 0 unspecified atom stereocenters. The summed E-state index contributed by atoms with van der Waals surface area (Å²) in [6, 6.07) is 8.32.